The van der Waals surface area contributed by atoms with E-state index in [-0.39, 0.29) is 6.61 Å². The first-order valence-corrected chi connectivity index (χ1v) is 6.56. The number of aliphatic hydroxyl groups excluding tert-OH is 1. The second kappa shape index (κ2) is 4.94. The molecule has 0 saturated carbocycles. The number of nitrogens with zero attached hydrogens (tertiary/aromatic N) is 4. The third-order valence-electron chi connectivity index (χ3n) is 3.67. The summed E-state index contributed by atoms with van der Waals surface area (Å²) in [4.78, 5) is 6.85. The Morgan fingerprint density at radius 1 is 1.33 bits per heavy atom. The van der Waals surface area contributed by atoms with Crippen molar-refractivity contribution in [2.24, 2.45) is 0 Å². The Balaban J connectivity index is 1.98. The lowest BCUT2D eigenvalue weighted by atomic mass is 9.99. The Labute approximate surface area is 106 Å². The zero-order valence-corrected chi connectivity index (χ0v) is 10.4. The van der Waals surface area contributed by atoms with Crippen molar-refractivity contribution in [2.75, 3.05) is 18.1 Å². The molecule has 1 unspecified atom stereocenters. The van der Waals surface area contributed by atoms with Crippen molar-refractivity contribution in [3.63, 3.8) is 0 Å². The van der Waals surface area contributed by atoms with Gasteiger partial charge < -0.3 is 10.0 Å². The molecule has 3 rings (SSSR count). The van der Waals surface area contributed by atoms with Gasteiger partial charge in [-0.05, 0) is 31.7 Å². The van der Waals surface area contributed by atoms with E-state index < -0.39 is 0 Å². The Morgan fingerprint density at radius 3 is 3.17 bits per heavy atom. The van der Waals surface area contributed by atoms with Gasteiger partial charge in [0.2, 0.25) is 0 Å². The van der Waals surface area contributed by atoms with Crippen LogP contribution in [0.3, 0.4) is 0 Å². The molecule has 2 aromatic rings. The highest BCUT2D eigenvalue weighted by Crippen LogP contribution is 2.27. The largest absolute Gasteiger partial charge is 0.396 e. The Bertz CT molecular complexity index is 522. The van der Waals surface area contributed by atoms with E-state index in [2.05, 4.69) is 15.0 Å². The maximum Gasteiger partial charge on any atom is 0.154 e. The summed E-state index contributed by atoms with van der Waals surface area (Å²) < 4.78 is 1.85. The van der Waals surface area contributed by atoms with Gasteiger partial charge in [0.25, 0.3) is 0 Å². The van der Waals surface area contributed by atoms with E-state index in [0.717, 1.165) is 30.7 Å². The van der Waals surface area contributed by atoms with E-state index in [1.807, 2.05) is 16.8 Å². The van der Waals surface area contributed by atoms with Crippen LogP contribution in [-0.2, 0) is 0 Å². The zero-order chi connectivity index (χ0) is 12.4. The maximum absolute atomic E-state index is 9.19. The van der Waals surface area contributed by atoms with Gasteiger partial charge >= 0.3 is 0 Å². The SMILES string of the molecule is OCCC1CCCCN1c1nccn2nccc12. The molecule has 1 aliphatic heterocycles. The lowest BCUT2D eigenvalue weighted by Crippen LogP contribution is -2.40. The summed E-state index contributed by atoms with van der Waals surface area (Å²) in [7, 11) is 0. The van der Waals surface area contributed by atoms with Crippen LogP contribution < -0.4 is 4.90 Å². The average Bonchev–Trinajstić information content (AvgIpc) is 2.88. The quantitative estimate of drug-likeness (QED) is 0.891. The normalized spacial score (nSPS) is 20.5. The van der Waals surface area contributed by atoms with Crippen LogP contribution in [0.25, 0.3) is 5.52 Å². The molecule has 18 heavy (non-hydrogen) atoms. The van der Waals surface area contributed by atoms with E-state index in [4.69, 9.17) is 0 Å². The first-order chi connectivity index (χ1) is 8.90. The minimum Gasteiger partial charge on any atom is -0.396 e. The summed E-state index contributed by atoms with van der Waals surface area (Å²) in [5.74, 6) is 0.994. The van der Waals surface area contributed by atoms with Crippen LogP contribution in [-0.4, -0.2) is 38.9 Å². The summed E-state index contributed by atoms with van der Waals surface area (Å²) in [6.07, 6.45) is 9.84. The Kier molecular flexibility index (Phi) is 3.15. The van der Waals surface area contributed by atoms with Crippen LogP contribution >= 0.6 is 0 Å². The number of hydrogen-bond donors (Lipinski definition) is 1. The third kappa shape index (κ3) is 1.95. The molecular formula is C13H18N4O. The van der Waals surface area contributed by atoms with Crippen LogP contribution in [0.2, 0.25) is 0 Å². The predicted octanol–water partition coefficient (Wildman–Crippen LogP) is 1.47. The standard InChI is InChI=1S/C13H18N4O/c18-10-5-11-3-1-2-8-16(11)13-12-4-6-15-17(12)9-7-14-13/h4,6-7,9,11,18H,1-3,5,8,10H2. The van der Waals surface area contributed by atoms with Crippen LogP contribution in [0.4, 0.5) is 5.82 Å². The Morgan fingerprint density at radius 2 is 2.28 bits per heavy atom. The maximum atomic E-state index is 9.19. The minimum atomic E-state index is 0.240. The smallest absolute Gasteiger partial charge is 0.154 e. The average molecular weight is 246 g/mol. The molecule has 0 bridgehead atoms. The number of piperidine rings is 1. The second-order valence-electron chi connectivity index (χ2n) is 4.77. The van der Waals surface area contributed by atoms with Gasteiger partial charge in [-0.3, -0.25) is 0 Å². The molecule has 1 fully saturated rings. The highest BCUT2D eigenvalue weighted by molar-refractivity contribution is 5.68. The van der Waals surface area contributed by atoms with Crippen molar-refractivity contribution in [1.82, 2.24) is 14.6 Å². The van der Waals surface area contributed by atoms with E-state index in [1.54, 1.807) is 12.4 Å². The number of anilines is 1. The molecule has 0 amide bonds. The highest BCUT2D eigenvalue weighted by Gasteiger charge is 2.24. The van der Waals surface area contributed by atoms with Gasteiger partial charge in [0, 0.05) is 31.6 Å². The van der Waals surface area contributed by atoms with Gasteiger partial charge in [-0.25, -0.2) is 9.50 Å². The van der Waals surface area contributed by atoms with Crippen molar-refractivity contribution >= 4 is 11.3 Å². The molecule has 0 aromatic carbocycles. The van der Waals surface area contributed by atoms with Crippen molar-refractivity contribution in [2.45, 2.75) is 31.7 Å². The van der Waals surface area contributed by atoms with Crippen LogP contribution in [0, 0.1) is 0 Å². The second-order valence-corrected chi connectivity index (χ2v) is 4.77. The third-order valence-corrected chi connectivity index (χ3v) is 3.67. The molecule has 5 nitrogen and oxygen atoms in total. The van der Waals surface area contributed by atoms with E-state index in [1.165, 1.54) is 12.8 Å². The first-order valence-electron chi connectivity index (χ1n) is 6.56. The Hall–Kier alpha value is -1.62. The van der Waals surface area contributed by atoms with Gasteiger partial charge in [0.1, 0.15) is 5.52 Å². The molecule has 96 valence electrons. The lowest BCUT2D eigenvalue weighted by molar-refractivity contribution is 0.262. The minimum absolute atomic E-state index is 0.240. The fraction of sp³-hybridized carbons (Fsp3) is 0.538. The number of fused-ring (bicyclic) bond motifs is 1. The molecule has 3 heterocycles. The molecule has 1 N–H and O–H groups in total. The monoisotopic (exact) mass is 246 g/mol. The summed E-state index contributed by atoms with van der Waals surface area (Å²) in [5.41, 5.74) is 1.04. The number of aromatic nitrogens is 3. The molecular weight excluding hydrogens is 228 g/mol. The highest BCUT2D eigenvalue weighted by atomic mass is 16.3. The van der Waals surface area contributed by atoms with Gasteiger partial charge in [0.05, 0.1) is 6.20 Å². The molecule has 0 radical (unpaired) electrons. The molecule has 1 aliphatic rings. The van der Waals surface area contributed by atoms with Gasteiger partial charge in [0.15, 0.2) is 5.82 Å². The van der Waals surface area contributed by atoms with Gasteiger partial charge in [-0.15, -0.1) is 0 Å². The molecule has 1 atom stereocenters. The number of aliphatic hydroxyl groups is 1. The van der Waals surface area contributed by atoms with Gasteiger partial charge in [-0.1, -0.05) is 0 Å². The van der Waals surface area contributed by atoms with E-state index in [0.29, 0.717) is 6.04 Å². The van der Waals surface area contributed by atoms with E-state index >= 15 is 0 Å². The topological polar surface area (TPSA) is 53.7 Å². The van der Waals surface area contributed by atoms with E-state index in [9.17, 15) is 5.11 Å². The molecule has 5 heteroatoms. The van der Waals surface area contributed by atoms with Crippen molar-refractivity contribution < 1.29 is 5.11 Å². The van der Waals surface area contributed by atoms with Crippen molar-refractivity contribution in [3.05, 3.63) is 24.7 Å². The predicted molar refractivity (Wildman–Crippen MR) is 69.7 cm³/mol. The van der Waals surface area contributed by atoms with Gasteiger partial charge in [-0.2, -0.15) is 5.10 Å². The molecule has 1 saturated heterocycles. The summed E-state index contributed by atoms with van der Waals surface area (Å²) in [6.45, 7) is 1.26. The fourth-order valence-electron chi connectivity index (χ4n) is 2.79. The van der Waals surface area contributed by atoms with Crippen LogP contribution in [0.1, 0.15) is 25.7 Å². The summed E-state index contributed by atoms with van der Waals surface area (Å²) >= 11 is 0. The van der Waals surface area contributed by atoms with Crippen molar-refractivity contribution in [1.29, 1.82) is 0 Å². The fourth-order valence-corrected chi connectivity index (χ4v) is 2.79. The van der Waals surface area contributed by atoms with Crippen LogP contribution in [0.5, 0.6) is 0 Å². The molecule has 2 aromatic heterocycles. The number of rotatable bonds is 3. The van der Waals surface area contributed by atoms with Crippen molar-refractivity contribution in [3.8, 4) is 0 Å². The molecule has 0 spiro atoms. The first kappa shape index (κ1) is 11.5. The number of hydrogen-bond acceptors (Lipinski definition) is 4. The lowest BCUT2D eigenvalue weighted by Gasteiger charge is -2.36. The summed E-state index contributed by atoms with van der Waals surface area (Å²) in [5, 5.41) is 13.4. The summed E-state index contributed by atoms with van der Waals surface area (Å²) in [6, 6.07) is 2.39. The van der Waals surface area contributed by atoms with Crippen LogP contribution in [0.15, 0.2) is 24.7 Å². The zero-order valence-electron chi connectivity index (χ0n) is 10.4. The molecule has 0 aliphatic carbocycles.